The Morgan fingerprint density at radius 3 is 2.83 bits per heavy atom. The fourth-order valence-electron chi connectivity index (χ4n) is 1.69. The van der Waals surface area contributed by atoms with E-state index in [1.807, 2.05) is 0 Å². The van der Waals surface area contributed by atoms with E-state index >= 15 is 0 Å². The van der Waals surface area contributed by atoms with Crippen molar-refractivity contribution in [1.29, 1.82) is 0 Å². The number of halogens is 1. The number of rotatable bonds is 7. The lowest BCUT2D eigenvalue weighted by Crippen LogP contribution is -2.17. The van der Waals surface area contributed by atoms with E-state index in [2.05, 4.69) is 17.4 Å². The van der Waals surface area contributed by atoms with E-state index in [4.69, 9.17) is 10.9 Å². The summed E-state index contributed by atoms with van der Waals surface area (Å²) in [5, 5.41) is 14.7. The summed E-state index contributed by atoms with van der Waals surface area (Å²) in [5.74, 6) is -0.466. The van der Waals surface area contributed by atoms with Crippen molar-refractivity contribution in [2.24, 2.45) is 10.9 Å². The molecule has 0 bridgehead atoms. The molecule has 1 rings (SSSR count). The second-order valence-corrected chi connectivity index (χ2v) is 4.22. The first-order valence-corrected chi connectivity index (χ1v) is 6.15. The van der Waals surface area contributed by atoms with Crippen molar-refractivity contribution in [1.82, 2.24) is 5.32 Å². The van der Waals surface area contributed by atoms with Crippen LogP contribution < -0.4 is 11.1 Å². The molecule has 0 aliphatic heterocycles. The Hall–Kier alpha value is -1.62. The summed E-state index contributed by atoms with van der Waals surface area (Å²) in [6.07, 6.45) is 3.47. The molecule has 0 spiro atoms. The van der Waals surface area contributed by atoms with E-state index in [9.17, 15) is 4.39 Å². The summed E-state index contributed by atoms with van der Waals surface area (Å²) in [4.78, 5) is 0. The highest BCUT2D eigenvalue weighted by molar-refractivity contribution is 5.97. The van der Waals surface area contributed by atoms with Crippen molar-refractivity contribution in [2.45, 2.75) is 32.7 Å². The van der Waals surface area contributed by atoms with Crippen LogP contribution in [0.2, 0.25) is 0 Å². The number of oxime groups is 1. The number of nitrogens with zero attached hydrogens (tertiary/aromatic N) is 1. The normalized spacial score (nSPS) is 11.8. The third-order valence-electron chi connectivity index (χ3n) is 2.65. The fraction of sp³-hybridized carbons (Fsp3) is 0.462. The molecule has 5 heteroatoms. The van der Waals surface area contributed by atoms with Gasteiger partial charge in [-0.15, -0.1) is 0 Å². The van der Waals surface area contributed by atoms with Gasteiger partial charge in [0.2, 0.25) is 0 Å². The first-order chi connectivity index (χ1) is 8.67. The number of amidine groups is 1. The molecule has 0 aliphatic carbocycles. The van der Waals surface area contributed by atoms with Crippen molar-refractivity contribution in [3.8, 4) is 0 Å². The first kappa shape index (κ1) is 14.4. The molecule has 0 fully saturated rings. The maximum atomic E-state index is 13.3. The van der Waals surface area contributed by atoms with E-state index in [1.54, 1.807) is 6.07 Å². The molecule has 0 aromatic heterocycles. The third-order valence-corrected chi connectivity index (χ3v) is 2.65. The van der Waals surface area contributed by atoms with Crippen LogP contribution in [0.3, 0.4) is 0 Å². The van der Waals surface area contributed by atoms with Crippen LogP contribution in [0.1, 0.15) is 37.3 Å². The van der Waals surface area contributed by atoms with E-state index in [0.29, 0.717) is 12.1 Å². The van der Waals surface area contributed by atoms with Crippen LogP contribution in [0.5, 0.6) is 0 Å². The Labute approximate surface area is 107 Å². The molecule has 0 radical (unpaired) electrons. The Morgan fingerprint density at radius 1 is 1.39 bits per heavy atom. The van der Waals surface area contributed by atoms with Gasteiger partial charge in [0.05, 0.1) is 0 Å². The van der Waals surface area contributed by atoms with Crippen LogP contribution in [0, 0.1) is 5.82 Å². The molecule has 0 atom stereocenters. The minimum Gasteiger partial charge on any atom is -0.409 e. The number of benzene rings is 1. The maximum absolute atomic E-state index is 13.3. The molecule has 1 aromatic carbocycles. The number of hydrogen-bond donors (Lipinski definition) is 3. The summed E-state index contributed by atoms with van der Waals surface area (Å²) < 4.78 is 13.3. The van der Waals surface area contributed by atoms with E-state index in [1.165, 1.54) is 25.0 Å². The molecule has 0 saturated carbocycles. The van der Waals surface area contributed by atoms with Gasteiger partial charge in [0.15, 0.2) is 5.84 Å². The maximum Gasteiger partial charge on any atom is 0.170 e. The lowest BCUT2D eigenvalue weighted by Gasteiger charge is -2.07. The lowest BCUT2D eigenvalue weighted by molar-refractivity contribution is 0.318. The summed E-state index contributed by atoms with van der Waals surface area (Å²) in [6.45, 7) is 3.63. The minimum absolute atomic E-state index is 0.0817. The van der Waals surface area contributed by atoms with Crippen LogP contribution in [0.4, 0.5) is 4.39 Å². The molecule has 0 amide bonds. The van der Waals surface area contributed by atoms with Crippen LogP contribution in [0.25, 0.3) is 0 Å². The second kappa shape index (κ2) is 7.66. The minimum atomic E-state index is -0.385. The van der Waals surface area contributed by atoms with E-state index < -0.39 is 0 Å². The predicted molar refractivity (Wildman–Crippen MR) is 70.1 cm³/mol. The van der Waals surface area contributed by atoms with Gasteiger partial charge in [-0.25, -0.2) is 4.39 Å². The molecule has 4 N–H and O–H groups in total. The molecule has 0 heterocycles. The summed E-state index contributed by atoms with van der Waals surface area (Å²) in [6, 6.07) is 4.40. The van der Waals surface area contributed by atoms with Crippen molar-refractivity contribution < 1.29 is 9.60 Å². The zero-order valence-corrected chi connectivity index (χ0v) is 10.6. The third kappa shape index (κ3) is 4.71. The number of nitrogens with two attached hydrogens (primary N) is 1. The highest BCUT2D eigenvalue weighted by atomic mass is 19.1. The van der Waals surface area contributed by atoms with Crippen LogP contribution in [-0.2, 0) is 6.54 Å². The number of nitrogens with one attached hydrogen (secondary N) is 1. The standard InChI is InChI=1S/C13H20FN3O/c1-2-3-4-5-16-9-10-6-11(13(15)17-18)8-12(14)7-10/h6-8,16,18H,2-5,9H2,1H3,(H2,15,17). The summed E-state index contributed by atoms with van der Waals surface area (Å²) >= 11 is 0. The second-order valence-electron chi connectivity index (χ2n) is 4.22. The summed E-state index contributed by atoms with van der Waals surface area (Å²) in [7, 11) is 0. The molecule has 0 aliphatic rings. The Balaban J connectivity index is 2.58. The van der Waals surface area contributed by atoms with Crippen LogP contribution in [0.15, 0.2) is 23.4 Å². The average Bonchev–Trinajstić information content (AvgIpc) is 2.37. The Kier molecular flexibility index (Phi) is 6.14. The van der Waals surface area contributed by atoms with E-state index in [0.717, 1.165) is 18.5 Å². The molecular weight excluding hydrogens is 233 g/mol. The van der Waals surface area contributed by atoms with Crippen LogP contribution in [-0.4, -0.2) is 17.6 Å². The molecule has 100 valence electrons. The highest BCUT2D eigenvalue weighted by Crippen LogP contribution is 2.09. The van der Waals surface area contributed by atoms with Gasteiger partial charge in [-0.2, -0.15) is 0 Å². The highest BCUT2D eigenvalue weighted by Gasteiger charge is 2.04. The monoisotopic (exact) mass is 253 g/mol. The van der Waals surface area contributed by atoms with Gasteiger partial charge in [-0.05, 0) is 36.7 Å². The zero-order chi connectivity index (χ0) is 13.4. The fourth-order valence-corrected chi connectivity index (χ4v) is 1.69. The topological polar surface area (TPSA) is 70.6 Å². The SMILES string of the molecule is CCCCCNCc1cc(F)cc(/C(N)=N/O)c1. The molecule has 18 heavy (non-hydrogen) atoms. The summed E-state index contributed by atoms with van der Waals surface area (Å²) in [5.41, 5.74) is 6.62. The van der Waals surface area contributed by atoms with Crippen molar-refractivity contribution in [2.75, 3.05) is 6.54 Å². The van der Waals surface area contributed by atoms with Gasteiger partial charge in [0, 0.05) is 12.1 Å². The van der Waals surface area contributed by atoms with E-state index in [-0.39, 0.29) is 11.7 Å². The van der Waals surface area contributed by atoms with Gasteiger partial charge < -0.3 is 16.3 Å². The molecular formula is C13H20FN3O. The van der Waals surface area contributed by atoms with Crippen molar-refractivity contribution in [3.05, 3.63) is 35.1 Å². The number of unbranched alkanes of at least 4 members (excludes halogenated alkanes) is 2. The first-order valence-electron chi connectivity index (χ1n) is 6.15. The molecule has 4 nitrogen and oxygen atoms in total. The molecule has 1 aromatic rings. The van der Waals surface area contributed by atoms with Gasteiger partial charge in [0.25, 0.3) is 0 Å². The molecule has 0 saturated heterocycles. The van der Waals surface area contributed by atoms with Crippen molar-refractivity contribution in [3.63, 3.8) is 0 Å². The quantitative estimate of drug-likeness (QED) is 0.229. The lowest BCUT2D eigenvalue weighted by atomic mass is 10.1. The van der Waals surface area contributed by atoms with Gasteiger partial charge >= 0.3 is 0 Å². The Morgan fingerprint density at radius 2 is 2.17 bits per heavy atom. The smallest absolute Gasteiger partial charge is 0.170 e. The largest absolute Gasteiger partial charge is 0.409 e. The predicted octanol–water partition coefficient (Wildman–Crippen LogP) is 2.20. The number of hydrogen-bond acceptors (Lipinski definition) is 3. The zero-order valence-electron chi connectivity index (χ0n) is 10.6. The Bertz CT molecular complexity index is 407. The molecule has 0 unspecified atom stereocenters. The average molecular weight is 253 g/mol. The van der Waals surface area contributed by atoms with Crippen molar-refractivity contribution >= 4 is 5.84 Å². The van der Waals surface area contributed by atoms with Gasteiger partial charge in [0.1, 0.15) is 5.82 Å². The van der Waals surface area contributed by atoms with Crippen LogP contribution >= 0.6 is 0 Å². The van der Waals surface area contributed by atoms with Gasteiger partial charge in [-0.1, -0.05) is 24.9 Å². The van der Waals surface area contributed by atoms with Gasteiger partial charge in [-0.3, -0.25) is 0 Å².